The van der Waals surface area contributed by atoms with Crippen LogP contribution in [0.1, 0.15) is 50.6 Å². The number of aliphatic imine (C=N–C) groups is 1. The molecule has 0 atom stereocenters. The highest BCUT2D eigenvalue weighted by Crippen LogP contribution is 2.28. The zero-order valence-electron chi connectivity index (χ0n) is 16.9. The minimum absolute atomic E-state index is 0.0510. The van der Waals surface area contributed by atoms with Crippen molar-refractivity contribution < 1.29 is 4.79 Å². The van der Waals surface area contributed by atoms with E-state index in [9.17, 15) is 4.79 Å². The van der Waals surface area contributed by atoms with Gasteiger partial charge in [-0.1, -0.05) is 44.6 Å². The molecule has 2 N–H and O–H groups in total. The number of hydrogen-bond acceptors (Lipinski definition) is 3. The molecule has 0 saturated heterocycles. The monoisotopic (exact) mass is 373 g/mol. The number of guanidine groups is 1. The van der Waals surface area contributed by atoms with Gasteiger partial charge in [0.1, 0.15) is 0 Å². The summed E-state index contributed by atoms with van der Waals surface area (Å²) in [6, 6.07) is 5.85. The number of carbonyl (C=O) groups excluding carboxylic acids is 1. The van der Waals surface area contributed by atoms with E-state index in [0.717, 1.165) is 31.0 Å². The lowest BCUT2D eigenvalue weighted by Crippen LogP contribution is -2.44. The van der Waals surface area contributed by atoms with E-state index in [-0.39, 0.29) is 12.5 Å². The molecule has 27 heavy (non-hydrogen) atoms. The summed E-state index contributed by atoms with van der Waals surface area (Å²) in [5.74, 6) is 1.71. The molecule has 1 heterocycles. The fraction of sp³-hybridized carbons (Fsp3) is 0.667. The lowest BCUT2D eigenvalue weighted by molar-refractivity contribution is -0.128. The van der Waals surface area contributed by atoms with Crippen LogP contribution in [0.25, 0.3) is 0 Å². The van der Waals surface area contributed by atoms with Crippen LogP contribution in [0.4, 0.5) is 0 Å². The molecule has 6 heteroatoms. The quantitative estimate of drug-likeness (QED) is 0.376. The maximum Gasteiger partial charge on any atom is 0.241 e. The molecule has 0 aliphatic heterocycles. The van der Waals surface area contributed by atoms with Crippen LogP contribution in [0.15, 0.2) is 29.4 Å². The molecule has 0 spiro atoms. The van der Waals surface area contributed by atoms with Crippen molar-refractivity contribution in [1.29, 1.82) is 0 Å². The van der Waals surface area contributed by atoms with Gasteiger partial charge in [0.15, 0.2) is 5.96 Å². The van der Waals surface area contributed by atoms with Gasteiger partial charge in [-0.05, 0) is 24.5 Å². The summed E-state index contributed by atoms with van der Waals surface area (Å²) in [5, 5.41) is 6.42. The van der Waals surface area contributed by atoms with Gasteiger partial charge in [0, 0.05) is 45.5 Å². The largest absolute Gasteiger partial charge is 0.356 e. The van der Waals surface area contributed by atoms with E-state index in [1.165, 1.54) is 38.5 Å². The van der Waals surface area contributed by atoms with Crippen molar-refractivity contribution in [3.8, 4) is 0 Å². The molecule has 1 aliphatic rings. The van der Waals surface area contributed by atoms with Gasteiger partial charge in [0.2, 0.25) is 5.91 Å². The van der Waals surface area contributed by atoms with Crippen LogP contribution in [-0.2, 0) is 11.2 Å². The van der Waals surface area contributed by atoms with Gasteiger partial charge in [-0.2, -0.15) is 0 Å². The number of carbonyl (C=O) groups is 1. The molecule has 1 aromatic rings. The molecule has 0 aromatic carbocycles. The molecular weight excluding hydrogens is 338 g/mol. The first-order valence-electron chi connectivity index (χ1n) is 10.3. The van der Waals surface area contributed by atoms with Crippen molar-refractivity contribution in [2.75, 3.05) is 33.7 Å². The molecule has 1 aromatic heterocycles. The Hall–Kier alpha value is -2.11. The summed E-state index contributed by atoms with van der Waals surface area (Å²) in [4.78, 5) is 22.5. The van der Waals surface area contributed by atoms with Crippen LogP contribution in [0.3, 0.4) is 0 Å². The van der Waals surface area contributed by atoms with E-state index in [2.05, 4.69) is 20.6 Å². The Bertz CT molecular complexity index is 569. The Balaban J connectivity index is 1.56. The number of unbranched alkanes of at least 4 members (excludes halogenated alkanes) is 1. The number of amides is 1. The second-order valence-corrected chi connectivity index (χ2v) is 7.39. The summed E-state index contributed by atoms with van der Waals surface area (Å²) >= 11 is 0. The number of likely N-dealkylation sites (N-methyl/N-ethyl adjacent to an activating group) is 1. The van der Waals surface area contributed by atoms with Crippen LogP contribution in [0.2, 0.25) is 0 Å². The third-order valence-electron chi connectivity index (χ3n) is 5.29. The Kier molecular flexibility index (Phi) is 9.66. The molecule has 0 radical (unpaired) electrons. The van der Waals surface area contributed by atoms with Crippen molar-refractivity contribution in [3.05, 3.63) is 30.1 Å². The molecule has 6 nitrogen and oxygen atoms in total. The van der Waals surface area contributed by atoms with E-state index in [1.807, 2.05) is 25.2 Å². The van der Waals surface area contributed by atoms with E-state index >= 15 is 0 Å². The van der Waals surface area contributed by atoms with Gasteiger partial charge in [0.05, 0.1) is 6.54 Å². The maximum atomic E-state index is 12.3. The highest BCUT2D eigenvalue weighted by atomic mass is 16.2. The number of nitrogens with zero attached hydrogens (tertiary/aromatic N) is 3. The average molecular weight is 374 g/mol. The summed E-state index contributed by atoms with van der Waals surface area (Å²) in [6.45, 7) is 1.81. The van der Waals surface area contributed by atoms with Crippen LogP contribution in [0, 0.1) is 5.92 Å². The van der Waals surface area contributed by atoms with Crippen LogP contribution in [0.5, 0.6) is 0 Å². The molecule has 2 rings (SSSR count). The van der Waals surface area contributed by atoms with Gasteiger partial charge in [0.25, 0.3) is 0 Å². The van der Waals surface area contributed by atoms with E-state index < -0.39 is 0 Å². The maximum absolute atomic E-state index is 12.3. The zero-order chi connectivity index (χ0) is 19.3. The predicted molar refractivity (Wildman–Crippen MR) is 111 cm³/mol. The van der Waals surface area contributed by atoms with Crippen LogP contribution in [-0.4, -0.2) is 55.5 Å². The van der Waals surface area contributed by atoms with E-state index in [0.29, 0.717) is 12.5 Å². The van der Waals surface area contributed by atoms with Crippen molar-refractivity contribution >= 4 is 11.9 Å². The summed E-state index contributed by atoms with van der Waals surface area (Å²) in [5.41, 5.74) is 1.00. The van der Waals surface area contributed by atoms with Gasteiger partial charge < -0.3 is 15.5 Å². The smallest absolute Gasteiger partial charge is 0.241 e. The lowest BCUT2D eigenvalue weighted by atomic mass is 10.0. The number of rotatable bonds is 10. The molecule has 1 saturated carbocycles. The van der Waals surface area contributed by atoms with Crippen LogP contribution < -0.4 is 10.6 Å². The average Bonchev–Trinajstić information content (AvgIpc) is 3.22. The Morgan fingerprint density at radius 1 is 1.26 bits per heavy atom. The van der Waals surface area contributed by atoms with Gasteiger partial charge >= 0.3 is 0 Å². The SMILES string of the molecule is CN=C(NCCCCC1CCCC1)NCC(=O)N(C)CCc1ccccn1. The molecule has 1 amide bonds. The van der Waals surface area contributed by atoms with Crippen molar-refractivity contribution in [2.24, 2.45) is 10.9 Å². The van der Waals surface area contributed by atoms with Gasteiger partial charge in [-0.25, -0.2) is 0 Å². The van der Waals surface area contributed by atoms with Gasteiger partial charge in [-0.3, -0.25) is 14.8 Å². The van der Waals surface area contributed by atoms with Crippen molar-refractivity contribution in [3.63, 3.8) is 0 Å². The highest BCUT2D eigenvalue weighted by molar-refractivity contribution is 5.86. The fourth-order valence-electron chi connectivity index (χ4n) is 3.53. The minimum Gasteiger partial charge on any atom is -0.356 e. The molecule has 0 unspecified atom stereocenters. The second kappa shape index (κ2) is 12.3. The molecule has 0 bridgehead atoms. The molecule has 150 valence electrons. The first-order valence-corrected chi connectivity index (χ1v) is 10.3. The third kappa shape index (κ3) is 8.41. The Morgan fingerprint density at radius 2 is 2.07 bits per heavy atom. The Labute approximate surface area is 163 Å². The summed E-state index contributed by atoms with van der Waals surface area (Å²) in [7, 11) is 3.56. The summed E-state index contributed by atoms with van der Waals surface area (Å²) < 4.78 is 0. The van der Waals surface area contributed by atoms with Crippen molar-refractivity contribution in [1.82, 2.24) is 20.5 Å². The lowest BCUT2D eigenvalue weighted by Gasteiger charge is -2.18. The second-order valence-electron chi connectivity index (χ2n) is 7.39. The van der Waals surface area contributed by atoms with Gasteiger partial charge in [-0.15, -0.1) is 0 Å². The Morgan fingerprint density at radius 3 is 2.78 bits per heavy atom. The molecule has 1 fully saturated rings. The first-order chi connectivity index (χ1) is 13.2. The molecule has 1 aliphatic carbocycles. The number of pyridine rings is 1. The standard InChI is InChI=1S/C21H35N5O/c1-22-21(24-15-7-5-11-18-9-3-4-10-18)25-17-20(27)26(2)16-13-19-12-6-8-14-23-19/h6,8,12,14,18H,3-5,7,9-11,13,15-17H2,1-2H3,(H2,22,24,25). The minimum atomic E-state index is 0.0510. The van der Waals surface area contributed by atoms with E-state index in [4.69, 9.17) is 0 Å². The number of aromatic nitrogens is 1. The predicted octanol–water partition coefficient (Wildman–Crippen LogP) is 2.61. The highest BCUT2D eigenvalue weighted by Gasteiger charge is 2.14. The topological polar surface area (TPSA) is 69.6 Å². The first kappa shape index (κ1) is 21.2. The van der Waals surface area contributed by atoms with Crippen LogP contribution >= 0.6 is 0 Å². The third-order valence-corrected chi connectivity index (χ3v) is 5.29. The normalized spacial score (nSPS) is 15.0. The fourth-order valence-corrected chi connectivity index (χ4v) is 3.53. The number of hydrogen-bond donors (Lipinski definition) is 2. The van der Waals surface area contributed by atoms with E-state index in [1.54, 1.807) is 18.1 Å². The van der Waals surface area contributed by atoms with Crippen molar-refractivity contribution in [2.45, 2.75) is 51.4 Å². The molecular formula is C21H35N5O. The number of nitrogens with one attached hydrogen (secondary N) is 2. The summed E-state index contributed by atoms with van der Waals surface area (Å²) in [6.07, 6.45) is 12.0. The zero-order valence-corrected chi connectivity index (χ0v) is 16.9.